The Balaban J connectivity index is 1.61. The number of rotatable bonds is 7. The molecule has 0 radical (unpaired) electrons. The van der Waals surface area contributed by atoms with Crippen molar-refractivity contribution in [1.29, 1.82) is 0 Å². The lowest BCUT2D eigenvalue weighted by molar-refractivity contribution is 0.609. The molecule has 0 spiro atoms. The number of aromatic nitrogens is 5. The zero-order valence-electron chi connectivity index (χ0n) is 15.9. The molecule has 5 nitrogen and oxygen atoms in total. The fourth-order valence-electron chi connectivity index (χ4n) is 3.03. The molecule has 0 saturated carbocycles. The van der Waals surface area contributed by atoms with E-state index in [1.807, 2.05) is 26.0 Å². The molecular formula is C21H21N5S2. The van der Waals surface area contributed by atoms with E-state index >= 15 is 0 Å². The van der Waals surface area contributed by atoms with Crippen LogP contribution in [0.15, 0.2) is 64.1 Å². The van der Waals surface area contributed by atoms with Crippen molar-refractivity contribution in [2.24, 2.45) is 0 Å². The van der Waals surface area contributed by atoms with Gasteiger partial charge in [0.05, 0.1) is 0 Å². The highest BCUT2D eigenvalue weighted by Crippen LogP contribution is 2.27. The van der Waals surface area contributed by atoms with Crippen LogP contribution < -0.4 is 0 Å². The maximum Gasteiger partial charge on any atom is 0.197 e. The molecule has 28 heavy (non-hydrogen) atoms. The van der Waals surface area contributed by atoms with E-state index < -0.39 is 0 Å². The maximum absolute atomic E-state index is 4.55. The van der Waals surface area contributed by atoms with Crippen LogP contribution in [0, 0.1) is 13.8 Å². The van der Waals surface area contributed by atoms with Crippen molar-refractivity contribution in [3.63, 3.8) is 0 Å². The van der Waals surface area contributed by atoms with E-state index in [1.165, 1.54) is 10.4 Å². The number of benzene rings is 1. The Hall–Kier alpha value is -2.51. The Morgan fingerprint density at radius 3 is 2.61 bits per heavy atom. The second-order valence-electron chi connectivity index (χ2n) is 6.54. The zero-order valence-corrected chi connectivity index (χ0v) is 17.5. The fourth-order valence-corrected chi connectivity index (χ4v) is 4.72. The summed E-state index contributed by atoms with van der Waals surface area (Å²) >= 11 is 3.30. The van der Waals surface area contributed by atoms with Crippen LogP contribution in [0.4, 0.5) is 0 Å². The first-order valence-electron chi connectivity index (χ1n) is 9.16. The second-order valence-corrected chi connectivity index (χ2v) is 8.56. The lowest BCUT2D eigenvalue weighted by atomic mass is 10.1. The predicted molar refractivity (Wildman–Crippen MR) is 113 cm³/mol. The quantitative estimate of drug-likeness (QED) is 0.415. The average Bonchev–Trinajstić information content (AvgIpc) is 3.31. The van der Waals surface area contributed by atoms with Crippen LogP contribution in [-0.4, -0.2) is 24.7 Å². The molecule has 0 aliphatic heterocycles. The third-order valence-corrected chi connectivity index (χ3v) is 6.09. The summed E-state index contributed by atoms with van der Waals surface area (Å²) in [6, 6.07) is 16.7. The van der Waals surface area contributed by atoms with Crippen LogP contribution in [0.3, 0.4) is 0 Å². The number of hydrogen-bond acceptors (Lipinski definition) is 6. The SMILES string of the molecule is Cc1cc(Sc2nnc(Cc3cccs3)n2CCc2ccccc2)nc(C)n1. The molecule has 0 N–H and O–H groups in total. The Morgan fingerprint density at radius 2 is 1.86 bits per heavy atom. The van der Waals surface area contributed by atoms with Gasteiger partial charge in [-0.25, -0.2) is 9.97 Å². The van der Waals surface area contributed by atoms with Crippen LogP contribution in [0.5, 0.6) is 0 Å². The lowest BCUT2D eigenvalue weighted by Crippen LogP contribution is -2.08. The molecule has 0 unspecified atom stereocenters. The van der Waals surface area contributed by atoms with E-state index in [0.29, 0.717) is 0 Å². The van der Waals surface area contributed by atoms with Crippen molar-refractivity contribution >= 4 is 23.1 Å². The third-order valence-electron chi connectivity index (χ3n) is 4.31. The minimum absolute atomic E-state index is 0.775. The van der Waals surface area contributed by atoms with Gasteiger partial charge in [-0.2, -0.15) is 0 Å². The summed E-state index contributed by atoms with van der Waals surface area (Å²) in [5, 5.41) is 12.9. The van der Waals surface area contributed by atoms with Gasteiger partial charge in [-0.1, -0.05) is 36.4 Å². The van der Waals surface area contributed by atoms with Crippen LogP contribution >= 0.6 is 23.1 Å². The van der Waals surface area contributed by atoms with Gasteiger partial charge in [0.2, 0.25) is 0 Å². The lowest BCUT2D eigenvalue weighted by Gasteiger charge is -2.10. The summed E-state index contributed by atoms with van der Waals surface area (Å²) in [7, 11) is 0. The molecule has 1 aromatic carbocycles. The topological polar surface area (TPSA) is 56.5 Å². The van der Waals surface area contributed by atoms with Crippen molar-refractivity contribution < 1.29 is 0 Å². The highest BCUT2D eigenvalue weighted by atomic mass is 32.2. The molecular weight excluding hydrogens is 386 g/mol. The molecule has 3 heterocycles. The highest BCUT2D eigenvalue weighted by molar-refractivity contribution is 7.99. The normalized spacial score (nSPS) is 11.1. The first-order chi connectivity index (χ1) is 13.7. The van der Waals surface area contributed by atoms with Crippen LogP contribution in [0.25, 0.3) is 0 Å². The maximum atomic E-state index is 4.55. The molecule has 0 aliphatic carbocycles. The number of nitrogens with zero attached hydrogens (tertiary/aromatic N) is 5. The number of aryl methyl sites for hydroxylation is 3. The molecule has 142 valence electrons. The Kier molecular flexibility index (Phi) is 5.83. The van der Waals surface area contributed by atoms with E-state index in [1.54, 1.807) is 23.1 Å². The number of hydrogen-bond donors (Lipinski definition) is 0. The minimum Gasteiger partial charge on any atom is -0.305 e. The molecule has 7 heteroatoms. The van der Waals surface area contributed by atoms with E-state index in [4.69, 9.17) is 0 Å². The summed E-state index contributed by atoms with van der Waals surface area (Å²) in [6.07, 6.45) is 1.73. The summed E-state index contributed by atoms with van der Waals surface area (Å²) in [4.78, 5) is 10.2. The molecule has 3 aromatic heterocycles. The van der Waals surface area contributed by atoms with Gasteiger partial charge in [-0.15, -0.1) is 21.5 Å². The first-order valence-corrected chi connectivity index (χ1v) is 10.9. The van der Waals surface area contributed by atoms with Gasteiger partial charge < -0.3 is 4.57 Å². The van der Waals surface area contributed by atoms with E-state index in [2.05, 4.69) is 66.5 Å². The number of thiophene rings is 1. The molecule has 0 amide bonds. The minimum atomic E-state index is 0.775. The molecule has 4 rings (SSSR count). The van der Waals surface area contributed by atoms with Crippen LogP contribution in [-0.2, 0) is 19.4 Å². The summed E-state index contributed by atoms with van der Waals surface area (Å²) < 4.78 is 2.23. The molecule has 0 saturated heterocycles. The van der Waals surface area contributed by atoms with Crippen LogP contribution in [0.1, 0.15) is 27.8 Å². The van der Waals surface area contributed by atoms with Gasteiger partial charge in [-0.3, -0.25) is 0 Å². The van der Waals surface area contributed by atoms with Crippen molar-refractivity contribution in [3.05, 3.63) is 81.7 Å². The largest absolute Gasteiger partial charge is 0.305 e. The molecule has 0 aliphatic rings. The van der Waals surface area contributed by atoms with E-state index in [0.717, 1.165) is 46.9 Å². The van der Waals surface area contributed by atoms with Gasteiger partial charge in [0.15, 0.2) is 5.16 Å². The van der Waals surface area contributed by atoms with Crippen molar-refractivity contribution in [3.8, 4) is 0 Å². The van der Waals surface area contributed by atoms with Gasteiger partial charge >= 0.3 is 0 Å². The van der Waals surface area contributed by atoms with Gasteiger partial charge in [0.1, 0.15) is 16.7 Å². The summed E-state index contributed by atoms with van der Waals surface area (Å²) in [6.45, 7) is 4.74. The van der Waals surface area contributed by atoms with Crippen molar-refractivity contribution in [2.75, 3.05) is 0 Å². The average molecular weight is 408 g/mol. The molecule has 0 fully saturated rings. The van der Waals surface area contributed by atoms with Gasteiger partial charge in [0, 0.05) is 23.5 Å². The standard InChI is InChI=1S/C21H21N5S2/c1-15-13-20(23-16(2)22-15)28-21-25-24-19(14-18-9-6-12-27-18)26(21)11-10-17-7-4-3-5-8-17/h3-9,12-13H,10-11,14H2,1-2H3. The van der Waals surface area contributed by atoms with E-state index in [-0.39, 0.29) is 0 Å². The second kappa shape index (κ2) is 8.67. The zero-order chi connectivity index (χ0) is 19.3. The third kappa shape index (κ3) is 4.66. The highest BCUT2D eigenvalue weighted by Gasteiger charge is 2.15. The van der Waals surface area contributed by atoms with Gasteiger partial charge in [0.25, 0.3) is 0 Å². The molecule has 0 atom stereocenters. The Morgan fingerprint density at radius 1 is 1.00 bits per heavy atom. The Labute approximate surface area is 172 Å². The van der Waals surface area contributed by atoms with Gasteiger partial charge in [-0.05, 0) is 55.1 Å². The first kappa shape index (κ1) is 18.8. The smallest absolute Gasteiger partial charge is 0.197 e. The monoisotopic (exact) mass is 407 g/mol. The molecule has 4 aromatic rings. The van der Waals surface area contributed by atoms with E-state index in [9.17, 15) is 0 Å². The van der Waals surface area contributed by atoms with Crippen molar-refractivity contribution in [1.82, 2.24) is 24.7 Å². The summed E-state index contributed by atoms with van der Waals surface area (Å²) in [5.74, 6) is 1.76. The summed E-state index contributed by atoms with van der Waals surface area (Å²) in [5.41, 5.74) is 2.27. The Bertz CT molecular complexity index is 1020. The van der Waals surface area contributed by atoms with Crippen LogP contribution in [0.2, 0.25) is 0 Å². The molecule has 0 bridgehead atoms. The predicted octanol–water partition coefficient (Wildman–Crippen LogP) is 4.73. The van der Waals surface area contributed by atoms with Crippen molar-refractivity contribution in [2.45, 2.75) is 43.4 Å². The fraction of sp³-hybridized carbons (Fsp3) is 0.238.